The van der Waals surface area contributed by atoms with Crippen LogP contribution in [0.25, 0.3) is 38.6 Å². The first-order valence-corrected chi connectivity index (χ1v) is 14.4. The van der Waals surface area contributed by atoms with Crippen molar-refractivity contribution in [3.8, 4) is 11.1 Å². The Morgan fingerprint density at radius 3 is 2.71 bits per heavy atom. The Morgan fingerprint density at radius 2 is 1.98 bits per heavy atom. The van der Waals surface area contributed by atoms with Crippen molar-refractivity contribution in [1.29, 1.82) is 0 Å². The van der Waals surface area contributed by atoms with Crippen LogP contribution in [0, 0.1) is 17.7 Å². The van der Waals surface area contributed by atoms with Crippen LogP contribution >= 0.6 is 11.6 Å². The second kappa shape index (κ2) is 9.71. The number of carboxylic acids is 1. The van der Waals surface area contributed by atoms with E-state index in [9.17, 15) is 14.7 Å². The molecule has 0 unspecified atom stereocenters. The highest BCUT2D eigenvalue weighted by Gasteiger charge is 2.44. The van der Waals surface area contributed by atoms with Gasteiger partial charge in [-0.1, -0.05) is 17.7 Å². The van der Waals surface area contributed by atoms with Gasteiger partial charge in [0.1, 0.15) is 17.0 Å². The Labute approximate surface area is 245 Å². The molecule has 1 saturated heterocycles. The van der Waals surface area contributed by atoms with Gasteiger partial charge in [0.15, 0.2) is 0 Å². The normalized spacial score (nSPS) is 20.3. The van der Waals surface area contributed by atoms with E-state index in [-0.39, 0.29) is 10.6 Å². The van der Waals surface area contributed by atoms with Crippen LogP contribution in [0.1, 0.15) is 23.2 Å². The van der Waals surface area contributed by atoms with Gasteiger partial charge in [-0.05, 0) is 57.0 Å². The van der Waals surface area contributed by atoms with Crippen LogP contribution in [0.4, 0.5) is 15.8 Å². The minimum absolute atomic E-state index is 0.0156. The minimum Gasteiger partial charge on any atom is -0.477 e. The maximum atomic E-state index is 15.2. The predicted octanol–water partition coefficient (Wildman–Crippen LogP) is 5.30. The van der Waals surface area contributed by atoms with E-state index >= 15 is 4.39 Å². The fourth-order valence-corrected chi connectivity index (χ4v) is 7.50. The lowest BCUT2D eigenvalue weighted by atomic mass is 9.97. The zero-order valence-electron chi connectivity index (χ0n) is 23.4. The van der Waals surface area contributed by atoms with Crippen molar-refractivity contribution in [2.75, 3.05) is 44.4 Å². The van der Waals surface area contributed by atoms with Crippen LogP contribution in [-0.2, 0) is 0 Å². The maximum Gasteiger partial charge on any atom is 0.341 e. The lowest BCUT2D eigenvalue weighted by Gasteiger charge is -2.28. The van der Waals surface area contributed by atoms with Crippen molar-refractivity contribution >= 4 is 56.4 Å². The summed E-state index contributed by atoms with van der Waals surface area (Å²) in [7, 11) is 5.99. The number of rotatable bonds is 5. The summed E-state index contributed by atoms with van der Waals surface area (Å²) in [6.07, 6.45) is 5.71. The number of benzene rings is 1. The Morgan fingerprint density at radius 1 is 1.19 bits per heavy atom. The third-order valence-corrected chi connectivity index (χ3v) is 9.59. The van der Waals surface area contributed by atoms with Crippen molar-refractivity contribution < 1.29 is 14.3 Å². The Bertz CT molecular complexity index is 1990. The molecule has 1 aliphatic carbocycles. The summed E-state index contributed by atoms with van der Waals surface area (Å²) in [4.78, 5) is 37.6. The smallest absolute Gasteiger partial charge is 0.341 e. The van der Waals surface area contributed by atoms with E-state index in [4.69, 9.17) is 16.6 Å². The van der Waals surface area contributed by atoms with E-state index < -0.39 is 17.3 Å². The molecule has 1 saturated carbocycles. The monoisotopic (exact) mass is 588 g/mol. The summed E-state index contributed by atoms with van der Waals surface area (Å²) >= 11 is 6.68. The zero-order chi connectivity index (χ0) is 29.4. The van der Waals surface area contributed by atoms with Crippen LogP contribution in [0.15, 0.2) is 47.5 Å². The molecule has 7 rings (SSSR count). The molecule has 5 heterocycles. The highest BCUT2D eigenvalue weighted by molar-refractivity contribution is 6.39. The Hall–Kier alpha value is -4.15. The van der Waals surface area contributed by atoms with Gasteiger partial charge in [0.05, 0.1) is 27.3 Å². The average Bonchev–Trinajstić information content (AvgIpc) is 3.67. The highest BCUT2D eigenvalue weighted by Crippen LogP contribution is 2.49. The number of pyridine rings is 3. The number of H-pyrrole nitrogens is 1. The van der Waals surface area contributed by atoms with E-state index in [0.717, 1.165) is 42.6 Å². The van der Waals surface area contributed by atoms with Crippen molar-refractivity contribution in [3.05, 3.63) is 69.5 Å². The molecule has 2 fully saturated rings. The summed E-state index contributed by atoms with van der Waals surface area (Å²) in [5, 5.41) is 13.9. The fraction of sp³-hybridized carbons (Fsp3) is 0.323. The van der Waals surface area contributed by atoms with Crippen molar-refractivity contribution in [2.24, 2.45) is 11.8 Å². The van der Waals surface area contributed by atoms with Gasteiger partial charge in [0.25, 0.3) is 5.56 Å². The van der Waals surface area contributed by atoms with Crippen LogP contribution in [0.2, 0.25) is 5.02 Å². The molecule has 1 aliphatic heterocycles. The molecule has 5 aromatic rings. The van der Waals surface area contributed by atoms with Crippen LogP contribution in [0.3, 0.4) is 0 Å². The first kappa shape index (κ1) is 26.7. The van der Waals surface area contributed by atoms with Crippen molar-refractivity contribution in [1.82, 2.24) is 19.3 Å². The zero-order valence-corrected chi connectivity index (χ0v) is 24.2. The molecule has 3 N–H and O–H groups in total. The molecular weight excluding hydrogens is 559 g/mol. The Balaban J connectivity index is 1.52. The summed E-state index contributed by atoms with van der Waals surface area (Å²) in [6.45, 7) is 1.64. The molecule has 0 bridgehead atoms. The van der Waals surface area contributed by atoms with E-state index in [1.54, 1.807) is 31.6 Å². The first-order valence-electron chi connectivity index (χ1n) is 14.0. The number of nitrogens with zero attached hydrogens (tertiary/aromatic N) is 4. The number of nitrogens with one attached hydrogen (secondary N) is 2. The minimum atomic E-state index is -1.28. The summed E-state index contributed by atoms with van der Waals surface area (Å²) in [5.74, 6) is -0.830. The number of hydrogen-bond donors (Lipinski definition) is 3. The van der Waals surface area contributed by atoms with Crippen LogP contribution < -0.4 is 15.8 Å². The average molecular weight is 589 g/mol. The molecule has 2 aliphatic rings. The van der Waals surface area contributed by atoms with E-state index in [0.29, 0.717) is 51.2 Å². The number of halogens is 2. The molecule has 3 atom stereocenters. The van der Waals surface area contributed by atoms with Gasteiger partial charge in [-0.15, -0.1) is 0 Å². The van der Waals surface area contributed by atoms with Crippen molar-refractivity contribution in [2.45, 2.75) is 18.9 Å². The van der Waals surface area contributed by atoms with E-state index in [1.807, 2.05) is 6.07 Å². The van der Waals surface area contributed by atoms with Gasteiger partial charge in [-0.25, -0.2) is 14.2 Å². The SMILES string of the molecule is CNc1cc(F)c(Cl)c2c1[nH]c1ncc(-c3ccc4ccc(C(=O)O)c(=O)n4c3)c(N3C[C@H]4CC[C@@H](N(C)C)[C@H]4C3)c12. The molecule has 1 aromatic carbocycles. The molecule has 11 heteroatoms. The second-order valence-corrected chi connectivity index (χ2v) is 12.0. The molecule has 0 spiro atoms. The van der Waals surface area contributed by atoms with Crippen molar-refractivity contribution in [3.63, 3.8) is 0 Å². The number of fused-ring (bicyclic) bond motifs is 5. The summed E-state index contributed by atoms with van der Waals surface area (Å²) in [5.41, 5.74) is 3.79. The predicted molar refractivity (Wildman–Crippen MR) is 164 cm³/mol. The summed E-state index contributed by atoms with van der Waals surface area (Å²) < 4.78 is 16.5. The largest absolute Gasteiger partial charge is 0.477 e. The molecule has 9 nitrogen and oxygen atoms in total. The van der Waals surface area contributed by atoms with Gasteiger partial charge < -0.3 is 25.2 Å². The number of anilines is 2. The van der Waals surface area contributed by atoms with Gasteiger partial charge in [0.2, 0.25) is 0 Å². The number of aromatic amines is 1. The maximum absolute atomic E-state index is 15.2. The Kier molecular flexibility index (Phi) is 6.18. The number of hydrogen-bond acceptors (Lipinski definition) is 6. The third-order valence-electron chi connectivity index (χ3n) is 9.22. The van der Waals surface area contributed by atoms with Crippen LogP contribution in [0.5, 0.6) is 0 Å². The number of carboxylic acid groups (broad SMARTS) is 1. The third kappa shape index (κ3) is 3.89. The first-order chi connectivity index (χ1) is 20.2. The number of aromatic nitrogens is 3. The topological polar surface area (TPSA) is 106 Å². The number of aromatic carboxylic acids is 1. The second-order valence-electron chi connectivity index (χ2n) is 11.6. The standard InChI is InChI=1S/C31H30ClFN6O3/c1-34-22-10-21(33)26(32)24-25-28(38-12-15-5-9-23(37(2)3)20(15)14-38)19(11-35-29(25)36-27(22)24)16-4-6-17-7-8-18(31(41)42)30(40)39(17)13-16/h4,6-8,10-11,13,15,20,23,34H,5,9,12,14H2,1-3H3,(H,35,36)(H,41,42)/t15-,20+,23-/m1/s1. The molecule has 0 radical (unpaired) electrons. The highest BCUT2D eigenvalue weighted by atomic mass is 35.5. The molecular formula is C31H30ClFN6O3. The van der Waals surface area contributed by atoms with Gasteiger partial charge in [-0.3, -0.25) is 9.20 Å². The van der Waals surface area contributed by atoms with E-state index in [2.05, 4.69) is 34.2 Å². The molecule has 4 aromatic heterocycles. The van der Waals surface area contributed by atoms with Gasteiger partial charge in [0, 0.05) is 66.7 Å². The van der Waals surface area contributed by atoms with Gasteiger partial charge in [-0.2, -0.15) is 0 Å². The van der Waals surface area contributed by atoms with E-state index in [1.165, 1.54) is 16.5 Å². The quantitative estimate of drug-likeness (QED) is 0.256. The van der Waals surface area contributed by atoms with Crippen LogP contribution in [-0.4, -0.2) is 70.6 Å². The molecule has 216 valence electrons. The van der Waals surface area contributed by atoms with Gasteiger partial charge >= 0.3 is 5.97 Å². The fourth-order valence-electron chi connectivity index (χ4n) is 7.26. The molecule has 42 heavy (non-hydrogen) atoms. The molecule has 0 amide bonds. The lowest BCUT2D eigenvalue weighted by Crippen LogP contribution is -2.35. The summed E-state index contributed by atoms with van der Waals surface area (Å²) in [6, 6.07) is 8.47. The lowest BCUT2D eigenvalue weighted by molar-refractivity contribution is 0.0694. The number of carbonyl (C=O) groups is 1.